The van der Waals surface area contributed by atoms with Gasteiger partial charge in [-0.25, -0.2) is 4.79 Å². The van der Waals surface area contributed by atoms with Crippen LogP contribution in [-0.2, 0) is 0 Å². The standard InChI is InChI=1S/C19H21ClN2OS/c1-14-6-2-5-9-17(14)21-19(23)22-11-10-18(24-13-12-22)15-7-3-4-8-16(15)20/h2-9,18H,10-13H2,1H3,(H,21,23). The number of aryl methyl sites for hydroxylation is 1. The van der Waals surface area contributed by atoms with Crippen LogP contribution in [0.2, 0.25) is 5.02 Å². The molecule has 2 aromatic rings. The second kappa shape index (κ2) is 7.95. The summed E-state index contributed by atoms with van der Waals surface area (Å²) in [5.74, 6) is 0.914. The quantitative estimate of drug-likeness (QED) is 0.781. The molecule has 1 N–H and O–H groups in total. The first-order valence-electron chi connectivity index (χ1n) is 8.13. The van der Waals surface area contributed by atoms with Crippen molar-refractivity contribution >= 4 is 35.1 Å². The molecule has 0 spiro atoms. The molecule has 2 amide bonds. The molecule has 1 saturated heterocycles. The highest BCUT2D eigenvalue weighted by molar-refractivity contribution is 7.99. The number of amides is 2. The van der Waals surface area contributed by atoms with E-state index in [0.29, 0.717) is 5.25 Å². The number of nitrogens with one attached hydrogen (secondary N) is 1. The molecule has 0 radical (unpaired) electrons. The summed E-state index contributed by atoms with van der Waals surface area (Å²) >= 11 is 8.20. The van der Waals surface area contributed by atoms with Crippen LogP contribution in [0.5, 0.6) is 0 Å². The van der Waals surface area contributed by atoms with Crippen molar-refractivity contribution in [2.75, 3.05) is 24.2 Å². The minimum atomic E-state index is -0.0234. The summed E-state index contributed by atoms with van der Waals surface area (Å²) in [6.07, 6.45) is 0.912. The minimum absolute atomic E-state index is 0.0234. The molecule has 0 aromatic heterocycles. The van der Waals surface area contributed by atoms with E-state index in [1.807, 2.05) is 66.1 Å². The van der Waals surface area contributed by atoms with Gasteiger partial charge in [0.05, 0.1) is 0 Å². The molecule has 0 bridgehead atoms. The van der Waals surface area contributed by atoms with Crippen molar-refractivity contribution in [2.24, 2.45) is 0 Å². The van der Waals surface area contributed by atoms with Gasteiger partial charge in [0.15, 0.2) is 0 Å². The summed E-state index contributed by atoms with van der Waals surface area (Å²) in [5.41, 5.74) is 3.12. The Morgan fingerprint density at radius 2 is 1.92 bits per heavy atom. The van der Waals surface area contributed by atoms with Crippen molar-refractivity contribution in [1.29, 1.82) is 0 Å². The largest absolute Gasteiger partial charge is 0.324 e. The van der Waals surface area contributed by atoms with Crippen LogP contribution in [0, 0.1) is 6.92 Å². The molecule has 1 aliphatic heterocycles. The number of carbonyl (C=O) groups excluding carboxylic acids is 1. The molecule has 2 aromatic carbocycles. The van der Waals surface area contributed by atoms with E-state index in [4.69, 9.17) is 11.6 Å². The van der Waals surface area contributed by atoms with Crippen molar-refractivity contribution in [3.8, 4) is 0 Å². The number of rotatable bonds is 2. The molecule has 126 valence electrons. The molecule has 24 heavy (non-hydrogen) atoms. The van der Waals surface area contributed by atoms with Crippen molar-refractivity contribution in [3.05, 3.63) is 64.7 Å². The second-order valence-corrected chi connectivity index (χ2v) is 7.62. The topological polar surface area (TPSA) is 32.3 Å². The van der Waals surface area contributed by atoms with Crippen LogP contribution >= 0.6 is 23.4 Å². The van der Waals surface area contributed by atoms with Gasteiger partial charge in [-0.3, -0.25) is 0 Å². The fourth-order valence-corrected chi connectivity index (χ4v) is 4.46. The zero-order valence-electron chi connectivity index (χ0n) is 13.7. The van der Waals surface area contributed by atoms with Crippen LogP contribution in [0.15, 0.2) is 48.5 Å². The number of hydrogen-bond acceptors (Lipinski definition) is 2. The lowest BCUT2D eigenvalue weighted by Gasteiger charge is -2.21. The first-order valence-corrected chi connectivity index (χ1v) is 9.55. The third-order valence-corrected chi connectivity index (χ3v) is 5.92. The van der Waals surface area contributed by atoms with Gasteiger partial charge in [0, 0.05) is 34.8 Å². The summed E-state index contributed by atoms with van der Waals surface area (Å²) in [4.78, 5) is 14.5. The maximum absolute atomic E-state index is 12.6. The van der Waals surface area contributed by atoms with Crippen LogP contribution < -0.4 is 5.32 Å². The number of thioether (sulfide) groups is 1. The predicted molar refractivity (Wildman–Crippen MR) is 103 cm³/mol. The van der Waals surface area contributed by atoms with E-state index in [1.165, 1.54) is 5.56 Å². The van der Waals surface area contributed by atoms with Crippen molar-refractivity contribution in [2.45, 2.75) is 18.6 Å². The highest BCUT2D eigenvalue weighted by Gasteiger charge is 2.23. The van der Waals surface area contributed by atoms with Gasteiger partial charge in [-0.05, 0) is 36.6 Å². The normalized spacial score (nSPS) is 18.1. The smallest absolute Gasteiger partial charge is 0.321 e. The third kappa shape index (κ3) is 4.05. The summed E-state index contributed by atoms with van der Waals surface area (Å²) in [7, 11) is 0. The third-order valence-electron chi connectivity index (χ3n) is 4.27. The van der Waals surface area contributed by atoms with Gasteiger partial charge in [0.1, 0.15) is 0 Å². The molecule has 5 heteroatoms. The minimum Gasteiger partial charge on any atom is -0.324 e. The Kier molecular flexibility index (Phi) is 5.69. The second-order valence-electron chi connectivity index (χ2n) is 5.90. The lowest BCUT2D eigenvalue weighted by Crippen LogP contribution is -2.36. The van der Waals surface area contributed by atoms with Gasteiger partial charge in [-0.2, -0.15) is 11.8 Å². The Morgan fingerprint density at radius 1 is 1.17 bits per heavy atom. The van der Waals surface area contributed by atoms with E-state index >= 15 is 0 Å². The summed E-state index contributed by atoms with van der Waals surface area (Å²) in [6.45, 7) is 3.49. The van der Waals surface area contributed by atoms with E-state index in [-0.39, 0.29) is 6.03 Å². The van der Waals surface area contributed by atoms with E-state index in [2.05, 4.69) is 11.4 Å². The molecule has 1 unspecified atom stereocenters. The SMILES string of the molecule is Cc1ccccc1NC(=O)N1CCSC(c2ccccc2Cl)CC1. The number of halogens is 1. The van der Waals surface area contributed by atoms with Crippen LogP contribution in [0.25, 0.3) is 0 Å². The predicted octanol–water partition coefficient (Wildman–Crippen LogP) is 5.36. The number of carbonyl (C=O) groups is 1. The maximum atomic E-state index is 12.6. The molecule has 0 aliphatic carbocycles. The number of urea groups is 1. The Balaban J connectivity index is 1.64. The summed E-state index contributed by atoms with van der Waals surface area (Å²) < 4.78 is 0. The van der Waals surface area contributed by atoms with E-state index < -0.39 is 0 Å². The summed E-state index contributed by atoms with van der Waals surface area (Å²) in [5, 5.41) is 4.18. The van der Waals surface area contributed by atoms with Crippen molar-refractivity contribution in [3.63, 3.8) is 0 Å². The first kappa shape index (κ1) is 17.2. The van der Waals surface area contributed by atoms with Gasteiger partial charge >= 0.3 is 6.03 Å². The summed E-state index contributed by atoms with van der Waals surface area (Å²) in [6, 6.07) is 15.8. The van der Waals surface area contributed by atoms with Crippen molar-refractivity contribution < 1.29 is 4.79 Å². The molecular weight excluding hydrogens is 340 g/mol. The highest BCUT2D eigenvalue weighted by Crippen LogP contribution is 2.37. The van der Waals surface area contributed by atoms with Gasteiger partial charge < -0.3 is 10.2 Å². The number of benzene rings is 2. The van der Waals surface area contributed by atoms with Gasteiger partial charge in [0.25, 0.3) is 0 Å². The Bertz CT molecular complexity index is 722. The fourth-order valence-electron chi connectivity index (χ4n) is 2.87. The average Bonchev–Trinajstić information content (AvgIpc) is 2.83. The number of para-hydroxylation sites is 1. The maximum Gasteiger partial charge on any atom is 0.321 e. The monoisotopic (exact) mass is 360 g/mol. The molecule has 1 fully saturated rings. The molecule has 1 atom stereocenters. The number of anilines is 1. The van der Waals surface area contributed by atoms with E-state index in [0.717, 1.165) is 41.5 Å². The van der Waals surface area contributed by atoms with E-state index in [1.54, 1.807) is 0 Å². The van der Waals surface area contributed by atoms with E-state index in [9.17, 15) is 4.79 Å². The molecule has 1 heterocycles. The lowest BCUT2D eigenvalue weighted by atomic mass is 10.1. The van der Waals surface area contributed by atoms with Crippen LogP contribution in [0.3, 0.4) is 0 Å². The highest BCUT2D eigenvalue weighted by atomic mass is 35.5. The van der Waals surface area contributed by atoms with Crippen molar-refractivity contribution in [1.82, 2.24) is 4.90 Å². The molecule has 3 nitrogen and oxygen atoms in total. The van der Waals surface area contributed by atoms with Gasteiger partial charge in [0.2, 0.25) is 0 Å². The molecule has 1 aliphatic rings. The van der Waals surface area contributed by atoms with Gasteiger partial charge in [-0.15, -0.1) is 0 Å². The Hall–Kier alpha value is -1.65. The van der Waals surface area contributed by atoms with Crippen LogP contribution in [0.1, 0.15) is 22.8 Å². The zero-order chi connectivity index (χ0) is 16.9. The molecular formula is C19H21ClN2OS. The number of hydrogen-bond donors (Lipinski definition) is 1. The average molecular weight is 361 g/mol. The zero-order valence-corrected chi connectivity index (χ0v) is 15.2. The first-order chi connectivity index (χ1) is 11.6. The van der Waals surface area contributed by atoms with Gasteiger partial charge in [-0.1, -0.05) is 48.0 Å². The Labute approximate surface area is 152 Å². The van der Waals surface area contributed by atoms with Crippen LogP contribution in [-0.4, -0.2) is 29.8 Å². The number of nitrogens with zero attached hydrogens (tertiary/aromatic N) is 1. The Morgan fingerprint density at radius 3 is 2.71 bits per heavy atom. The molecule has 0 saturated carbocycles. The lowest BCUT2D eigenvalue weighted by molar-refractivity contribution is 0.215. The molecule has 3 rings (SSSR count). The van der Waals surface area contributed by atoms with Crippen LogP contribution in [0.4, 0.5) is 10.5 Å². The fraction of sp³-hybridized carbons (Fsp3) is 0.316.